The van der Waals surface area contributed by atoms with Gasteiger partial charge in [-0.25, -0.2) is 9.98 Å². The van der Waals surface area contributed by atoms with Gasteiger partial charge in [0.1, 0.15) is 5.49 Å². The molecule has 0 atom stereocenters. The summed E-state index contributed by atoms with van der Waals surface area (Å²) >= 11 is 0. The molecule has 0 aliphatic heterocycles. The van der Waals surface area contributed by atoms with Gasteiger partial charge in [0, 0.05) is 18.2 Å². The molecule has 5 nitrogen and oxygen atoms in total. The monoisotopic (exact) mass is 377 g/mol. The molecule has 146 valence electrons. The lowest BCUT2D eigenvalue weighted by Gasteiger charge is -2.11. The molecule has 0 saturated heterocycles. The van der Waals surface area contributed by atoms with Crippen molar-refractivity contribution >= 4 is 5.69 Å². The summed E-state index contributed by atoms with van der Waals surface area (Å²) in [6.07, 6.45) is 1.84. The highest BCUT2D eigenvalue weighted by atomic mass is 16.5. The molecule has 0 N–H and O–H groups in total. The van der Waals surface area contributed by atoms with Crippen LogP contribution in [-0.4, -0.2) is 23.8 Å². The molecule has 0 aliphatic carbocycles. The molecule has 0 amide bonds. The molecule has 0 spiro atoms. The van der Waals surface area contributed by atoms with Gasteiger partial charge in [-0.05, 0) is 57.0 Å². The molecule has 3 rings (SSSR count). The van der Waals surface area contributed by atoms with Crippen LogP contribution < -0.4 is 15.0 Å². The zero-order valence-corrected chi connectivity index (χ0v) is 17.4. The molecule has 28 heavy (non-hydrogen) atoms. The van der Waals surface area contributed by atoms with Crippen LogP contribution in [0.4, 0.5) is 5.69 Å². The van der Waals surface area contributed by atoms with E-state index in [1.165, 1.54) is 16.7 Å². The smallest absolute Gasteiger partial charge is 0.161 e. The standard InChI is InChI=1S/C23H27N3O2/c1-7-26-14-24-19(18-8-9-20(27-5)21(12-18)28-6)13-22(26)25-23-16(3)10-15(2)11-17(23)4/h8-14H,7H2,1-6H3. The van der Waals surface area contributed by atoms with Crippen LogP contribution in [0.15, 0.2) is 47.7 Å². The molecule has 0 fully saturated rings. The van der Waals surface area contributed by atoms with Crippen molar-refractivity contribution < 1.29 is 9.47 Å². The van der Waals surface area contributed by atoms with Crippen molar-refractivity contribution in [2.45, 2.75) is 34.2 Å². The van der Waals surface area contributed by atoms with Gasteiger partial charge < -0.3 is 14.0 Å². The second-order valence-corrected chi connectivity index (χ2v) is 6.85. The van der Waals surface area contributed by atoms with E-state index in [1.807, 2.05) is 35.2 Å². The first-order valence-corrected chi connectivity index (χ1v) is 9.38. The average Bonchev–Trinajstić information content (AvgIpc) is 2.69. The minimum atomic E-state index is 0.678. The SMILES string of the molecule is CCn1cnc(-c2ccc(OC)c(OC)c2)cc1=Nc1c(C)cc(C)cc1C. The molecular formula is C23H27N3O2. The molecule has 1 heterocycles. The number of hydrogen-bond acceptors (Lipinski definition) is 4. The maximum Gasteiger partial charge on any atom is 0.161 e. The maximum atomic E-state index is 5.43. The van der Waals surface area contributed by atoms with E-state index in [0.717, 1.165) is 29.0 Å². The van der Waals surface area contributed by atoms with Gasteiger partial charge in [0.05, 0.1) is 31.9 Å². The molecule has 0 aliphatic rings. The van der Waals surface area contributed by atoms with Gasteiger partial charge in [0.15, 0.2) is 11.5 Å². The second-order valence-electron chi connectivity index (χ2n) is 6.85. The van der Waals surface area contributed by atoms with Crippen molar-refractivity contribution in [3.05, 3.63) is 64.9 Å². The van der Waals surface area contributed by atoms with E-state index in [0.29, 0.717) is 11.5 Å². The third-order valence-corrected chi connectivity index (χ3v) is 4.78. The molecule has 0 saturated carbocycles. The summed E-state index contributed by atoms with van der Waals surface area (Å²) in [5.41, 5.74) is 7.27. The van der Waals surface area contributed by atoms with Crippen LogP contribution in [0.1, 0.15) is 23.6 Å². The third kappa shape index (κ3) is 3.93. The Hall–Kier alpha value is -3.08. The fourth-order valence-electron chi connectivity index (χ4n) is 3.39. The van der Waals surface area contributed by atoms with Gasteiger partial charge in [-0.15, -0.1) is 0 Å². The Morgan fingerprint density at radius 2 is 1.61 bits per heavy atom. The van der Waals surface area contributed by atoms with Crippen molar-refractivity contribution in [2.24, 2.45) is 4.99 Å². The van der Waals surface area contributed by atoms with Gasteiger partial charge >= 0.3 is 0 Å². The topological polar surface area (TPSA) is 48.6 Å². The highest BCUT2D eigenvalue weighted by Crippen LogP contribution is 2.31. The number of benzene rings is 2. The Kier molecular flexibility index (Phi) is 5.83. The van der Waals surface area contributed by atoms with Gasteiger partial charge in [0.25, 0.3) is 0 Å². The lowest BCUT2D eigenvalue weighted by molar-refractivity contribution is 0.355. The first-order valence-electron chi connectivity index (χ1n) is 9.38. The number of methoxy groups -OCH3 is 2. The largest absolute Gasteiger partial charge is 0.493 e. The fraction of sp³-hybridized carbons (Fsp3) is 0.304. The Labute approximate surface area is 166 Å². The van der Waals surface area contributed by atoms with Crippen LogP contribution in [0.25, 0.3) is 11.3 Å². The van der Waals surface area contributed by atoms with E-state index >= 15 is 0 Å². The summed E-state index contributed by atoms with van der Waals surface area (Å²) in [7, 11) is 3.26. The van der Waals surface area contributed by atoms with Crippen LogP contribution in [-0.2, 0) is 6.54 Å². The number of aryl methyl sites for hydroxylation is 4. The van der Waals surface area contributed by atoms with Gasteiger partial charge in [0.2, 0.25) is 0 Å². The maximum absolute atomic E-state index is 5.43. The van der Waals surface area contributed by atoms with Crippen LogP contribution in [0.2, 0.25) is 0 Å². The zero-order chi connectivity index (χ0) is 20.3. The van der Waals surface area contributed by atoms with Gasteiger partial charge in [-0.1, -0.05) is 17.7 Å². The summed E-state index contributed by atoms with van der Waals surface area (Å²) in [5, 5.41) is 0. The Bertz CT molecular complexity index is 1040. The second kappa shape index (κ2) is 8.30. The number of aromatic nitrogens is 2. The van der Waals surface area contributed by atoms with E-state index in [-0.39, 0.29) is 0 Å². The van der Waals surface area contributed by atoms with Gasteiger partial charge in [-0.3, -0.25) is 0 Å². The van der Waals surface area contributed by atoms with Crippen molar-refractivity contribution in [3.8, 4) is 22.8 Å². The first kappa shape index (κ1) is 19.7. The highest BCUT2D eigenvalue weighted by molar-refractivity contribution is 5.63. The van der Waals surface area contributed by atoms with Crippen LogP contribution in [0, 0.1) is 20.8 Å². The van der Waals surface area contributed by atoms with Crippen LogP contribution in [0.3, 0.4) is 0 Å². The van der Waals surface area contributed by atoms with E-state index in [4.69, 9.17) is 14.5 Å². The summed E-state index contributed by atoms with van der Waals surface area (Å²) in [6, 6.07) is 12.2. The number of nitrogens with zero attached hydrogens (tertiary/aromatic N) is 3. The lowest BCUT2D eigenvalue weighted by Crippen LogP contribution is -2.20. The lowest BCUT2D eigenvalue weighted by atomic mass is 10.1. The van der Waals surface area contributed by atoms with Crippen molar-refractivity contribution in [3.63, 3.8) is 0 Å². The predicted octanol–water partition coefficient (Wildman–Crippen LogP) is 4.74. The van der Waals surface area contributed by atoms with Crippen molar-refractivity contribution in [2.75, 3.05) is 14.2 Å². The Morgan fingerprint density at radius 1 is 0.929 bits per heavy atom. The summed E-state index contributed by atoms with van der Waals surface area (Å²) in [4.78, 5) is 9.60. The molecule has 0 unspecified atom stereocenters. The van der Waals surface area contributed by atoms with Crippen LogP contribution >= 0.6 is 0 Å². The molecule has 2 aromatic carbocycles. The highest BCUT2D eigenvalue weighted by Gasteiger charge is 2.09. The number of ether oxygens (including phenoxy) is 2. The summed E-state index contributed by atoms with van der Waals surface area (Å²) < 4.78 is 12.8. The quantitative estimate of drug-likeness (QED) is 0.645. The van der Waals surface area contributed by atoms with E-state index < -0.39 is 0 Å². The first-order chi connectivity index (χ1) is 13.5. The van der Waals surface area contributed by atoms with E-state index in [9.17, 15) is 0 Å². The van der Waals surface area contributed by atoms with E-state index in [2.05, 4.69) is 44.8 Å². The number of rotatable bonds is 5. The third-order valence-electron chi connectivity index (χ3n) is 4.78. The molecule has 0 bridgehead atoms. The predicted molar refractivity (Wildman–Crippen MR) is 112 cm³/mol. The molecular weight excluding hydrogens is 350 g/mol. The summed E-state index contributed by atoms with van der Waals surface area (Å²) in [6.45, 7) is 9.20. The number of hydrogen-bond donors (Lipinski definition) is 0. The minimum Gasteiger partial charge on any atom is -0.493 e. The van der Waals surface area contributed by atoms with Crippen LogP contribution in [0.5, 0.6) is 11.5 Å². The fourth-order valence-corrected chi connectivity index (χ4v) is 3.39. The zero-order valence-electron chi connectivity index (χ0n) is 17.4. The van der Waals surface area contributed by atoms with E-state index in [1.54, 1.807) is 14.2 Å². The average molecular weight is 377 g/mol. The molecule has 3 aromatic rings. The Balaban J connectivity index is 2.17. The van der Waals surface area contributed by atoms with Crippen molar-refractivity contribution in [1.29, 1.82) is 0 Å². The molecule has 5 heteroatoms. The van der Waals surface area contributed by atoms with Crippen molar-refractivity contribution in [1.82, 2.24) is 9.55 Å². The molecule has 0 radical (unpaired) electrons. The molecule has 1 aromatic heterocycles. The normalized spacial score (nSPS) is 11.6. The summed E-state index contributed by atoms with van der Waals surface area (Å²) in [5.74, 6) is 1.37. The Morgan fingerprint density at radius 3 is 2.21 bits per heavy atom. The van der Waals surface area contributed by atoms with Gasteiger partial charge in [-0.2, -0.15) is 0 Å². The minimum absolute atomic E-state index is 0.678.